The maximum absolute atomic E-state index is 12.0. The Morgan fingerprint density at radius 1 is 1.53 bits per heavy atom. The maximum atomic E-state index is 12.0. The summed E-state index contributed by atoms with van der Waals surface area (Å²) in [6, 6.07) is 5.67. The van der Waals surface area contributed by atoms with Crippen molar-refractivity contribution in [3.05, 3.63) is 18.2 Å². The van der Waals surface area contributed by atoms with E-state index >= 15 is 0 Å². The summed E-state index contributed by atoms with van der Waals surface area (Å²) in [5.74, 6) is 0.743. The van der Waals surface area contributed by atoms with Crippen LogP contribution in [0.15, 0.2) is 18.2 Å². The lowest BCUT2D eigenvalue weighted by Crippen LogP contribution is -2.42. The summed E-state index contributed by atoms with van der Waals surface area (Å²) in [4.78, 5) is 13.7. The highest BCUT2D eigenvalue weighted by Crippen LogP contribution is 2.35. The molecule has 1 aliphatic heterocycles. The molecule has 2 N–H and O–H groups in total. The van der Waals surface area contributed by atoms with Gasteiger partial charge in [-0.15, -0.1) is 0 Å². The molecule has 0 saturated heterocycles. The van der Waals surface area contributed by atoms with Gasteiger partial charge in [0.2, 0.25) is 0 Å². The summed E-state index contributed by atoms with van der Waals surface area (Å²) in [5.41, 5.74) is 1.70. The second-order valence-electron chi connectivity index (χ2n) is 4.68. The number of benzene rings is 1. The Morgan fingerprint density at radius 2 is 2.32 bits per heavy atom. The molecule has 0 saturated carbocycles. The number of aliphatic hydroxyl groups excluding tert-OH is 1. The molecule has 2 rings (SSSR count). The Morgan fingerprint density at radius 3 is 2.95 bits per heavy atom. The molecule has 0 aliphatic carbocycles. The molecule has 0 spiro atoms. The van der Waals surface area contributed by atoms with E-state index in [4.69, 9.17) is 4.74 Å². The van der Waals surface area contributed by atoms with Crippen molar-refractivity contribution >= 4 is 17.3 Å². The zero-order valence-corrected chi connectivity index (χ0v) is 11.3. The molecule has 0 bridgehead atoms. The lowest BCUT2D eigenvalue weighted by Gasteiger charge is -2.32. The van der Waals surface area contributed by atoms with Crippen molar-refractivity contribution in [2.24, 2.45) is 5.92 Å². The Bertz CT molecular complexity index is 458. The summed E-state index contributed by atoms with van der Waals surface area (Å²) < 4.78 is 5.43. The van der Waals surface area contributed by atoms with Crippen molar-refractivity contribution in [1.82, 2.24) is 0 Å². The smallest absolute Gasteiger partial charge is 0.265 e. The van der Waals surface area contributed by atoms with Gasteiger partial charge >= 0.3 is 0 Å². The maximum Gasteiger partial charge on any atom is 0.265 e. The average Bonchev–Trinajstić information content (AvgIpc) is 2.46. The van der Waals surface area contributed by atoms with E-state index in [2.05, 4.69) is 5.32 Å². The summed E-state index contributed by atoms with van der Waals surface area (Å²) in [7, 11) is 1.83. The third kappa shape index (κ3) is 2.81. The van der Waals surface area contributed by atoms with Crippen molar-refractivity contribution < 1.29 is 14.6 Å². The molecule has 104 valence electrons. The van der Waals surface area contributed by atoms with Gasteiger partial charge in [0.1, 0.15) is 5.75 Å². The van der Waals surface area contributed by atoms with Crippen LogP contribution in [-0.2, 0) is 4.79 Å². The summed E-state index contributed by atoms with van der Waals surface area (Å²) >= 11 is 0. The van der Waals surface area contributed by atoms with E-state index in [9.17, 15) is 9.90 Å². The van der Waals surface area contributed by atoms with Crippen LogP contribution in [0.25, 0.3) is 0 Å². The molecule has 1 aromatic rings. The molecular weight excluding hydrogens is 244 g/mol. The van der Waals surface area contributed by atoms with Crippen LogP contribution in [0.4, 0.5) is 11.4 Å². The second-order valence-corrected chi connectivity index (χ2v) is 4.68. The molecule has 5 heteroatoms. The molecule has 0 aromatic heterocycles. The highest BCUT2D eigenvalue weighted by Gasteiger charge is 2.27. The monoisotopic (exact) mass is 264 g/mol. The molecule has 5 nitrogen and oxygen atoms in total. The highest BCUT2D eigenvalue weighted by atomic mass is 16.5. The lowest BCUT2D eigenvalue weighted by molar-refractivity contribution is -0.121. The lowest BCUT2D eigenvalue weighted by atomic mass is 10.1. The largest absolute Gasteiger partial charge is 0.482 e. The number of amides is 1. The fraction of sp³-hybridized carbons (Fsp3) is 0.500. The van der Waals surface area contributed by atoms with E-state index in [1.165, 1.54) is 0 Å². The normalized spacial score (nSPS) is 15.7. The first-order valence-corrected chi connectivity index (χ1v) is 6.55. The Labute approximate surface area is 113 Å². The van der Waals surface area contributed by atoms with Crippen LogP contribution in [0.1, 0.15) is 13.3 Å². The number of rotatable bonds is 5. The van der Waals surface area contributed by atoms with E-state index in [0.717, 1.165) is 17.8 Å². The number of carbonyl (C=O) groups is 1. The number of hydrogen-bond acceptors (Lipinski definition) is 4. The first kappa shape index (κ1) is 13.7. The van der Waals surface area contributed by atoms with E-state index in [1.54, 1.807) is 4.90 Å². The van der Waals surface area contributed by atoms with Gasteiger partial charge in [0.15, 0.2) is 6.61 Å². The molecule has 0 fully saturated rings. The van der Waals surface area contributed by atoms with Crippen LogP contribution in [0.2, 0.25) is 0 Å². The quantitative estimate of drug-likeness (QED) is 0.845. The number of anilines is 2. The fourth-order valence-corrected chi connectivity index (χ4v) is 2.13. The van der Waals surface area contributed by atoms with Gasteiger partial charge < -0.3 is 20.1 Å². The van der Waals surface area contributed by atoms with E-state index in [-0.39, 0.29) is 25.0 Å². The zero-order chi connectivity index (χ0) is 13.8. The minimum atomic E-state index is -0.0624. The Hall–Kier alpha value is -1.75. The number of ether oxygens (including phenoxy) is 1. The molecule has 1 aromatic carbocycles. The second kappa shape index (κ2) is 5.93. The van der Waals surface area contributed by atoms with Gasteiger partial charge in [0.05, 0.1) is 5.69 Å². The number of fused-ring (bicyclic) bond motifs is 1. The predicted octanol–water partition coefficient (Wildman–Crippen LogP) is 1.47. The van der Waals surface area contributed by atoms with Crippen LogP contribution in [0.5, 0.6) is 5.75 Å². The van der Waals surface area contributed by atoms with Gasteiger partial charge in [-0.2, -0.15) is 0 Å². The number of nitrogens with one attached hydrogen (secondary N) is 1. The number of nitrogens with zero attached hydrogens (tertiary/aromatic N) is 1. The van der Waals surface area contributed by atoms with Gasteiger partial charge in [-0.1, -0.05) is 6.92 Å². The summed E-state index contributed by atoms with van der Waals surface area (Å²) in [6.45, 7) is 2.68. The standard InChI is InChI=1S/C14H20N2O3/c1-3-10(8-17)7-16-12-6-11(15-2)4-5-13(12)19-9-14(16)18/h4-6,10,15,17H,3,7-9H2,1-2H3. The number of carbonyl (C=O) groups excluding carboxylic acids is 1. The van der Waals surface area contributed by atoms with Crippen LogP contribution >= 0.6 is 0 Å². The fourth-order valence-electron chi connectivity index (χ4n) is 2.13. The average molecular weight is 264 g/mol. The minimum absolute atomic E-state index is 0.0624. The van der Waals surface area contributed by atoms with Crippen LogP contribution in [0.3, 0.4) is 0 Å². The van der Waals surface area contributed by atoms with Gasteiger partial charge in [-0.05, 0) is 30.5 Å². The summed E-state index contributed by atoms with van der Waals surface area (Å²) in [6.07, 6.45) is 0.836. The van der Waals surface area contributed by atoms with Crippen molar-refractivity contribution in [1.29, 1.82) is 0 Å². The molecule has 1 unspecified atom stereocenters. The van der Waals surface area contributed by atoms with Crippen molar-refractivity contribution in [3.8, 4) is 5.75 Å². The number of hydrogen-bond donors (Lipinski definition) is 2. The van der Waals surface area contributed by atoms with Crippen molar-refractivity contribution in [3.63, 3.8) is 0 Å². The first-order chi connectivity index (χ1) is 9.19. The van der Waals surface area contributed by atoms with Gasteiger partial charge in [-0.25, -0.2) is 0 Å². The van der Waals surface area contributed by atoms with E-state index in [0.29, 0.717) is 12.3 Å². The zero-order valence-electron chi connectivity index (χ0n) is 11.3. The third-order valence-corrected chi connectivity index (χ3v) is 3.47. The molecule has 1 amide bonds. The van der Waals surface area contributed by atoms with Gasteiger partial charge in [-0.3, -0.25) is 4.79 Å². The van der Waals surface area contributed by atoms with Crippen LogP contribution in [-0.4, -0.2) is 37.8 Å². The van der Waals surface area contributed by atoms with E-state index in [1.807, 2.05) is 32.2 Å². The first-order valence-electron chi connectivity index (χ1n) is 6.55. The topological polar surface area (TPSA) is 61.8 Å². The molecule has 1 aliphatic rings. The van der Waals surface area contributed by atoms with E-state index < -0.39 is 0 Å². The minimum Gasteiger partial charge on any atom is -0.482 e. The SMILES string of the molecule is CCC(CO)CN1C(=O)COc2ccc(NC)cc21. The predicted molar refractivity (Wildman–Crippen MR) is 74.7 cm³/mol. The van der Waals surface area contributed by atoms with Crippen molar-refractivity contribution in [2.75, 3.05) is 37.0 Å². The van der Waals surface area contributed by atoms with Crippen LogP contribution in [0, 0.1) is 5.92 Å². The molecule has 0 radical (unpaired) electrons. The third-order valence-electron chi connectivity index (χ3n) is 3.47. The van der Waals surface area contributed by atoms with Gasteiger partial charge in [0, 0.05) is 25.9 Å². The molecular formula is C14H20N2O3. The molecule has 19 heavy (non-hydrogen) atoms. The number of aliphatic hydroxyl groups is 1. The Balaban J connectivity index is 2.30. The van der Waals surface area contributed by atoms with Gasteiger partial charge in [0.25, 0.3) is 5.91 Å². The highest BCUT2D eigenvalue weighted by molar-refractivity contribution is 5.98. The van der Waals surface area contributed by atoms with Crippen molar-refractivity contribution in [2.45, 2.75) is 13.3 Å². The molecule has 1 atom stereocenters. The van der Waals surface area contributed by atoms with Crippen LogP contribution < -0.4 is 15.0 Å². The Kier molecular flexibility index (Phi) is 4.27. The molecule has 1 heterocycles. The summed E-state index contributed by atoms with van der Waals surface area (Å²) in [5, 5.41) is 12.4.